The fourth-order valence-electron chi connectivity index (χ4n) is 1.98. The van der Waals surface area contributed by atoms with Gasteiger partial charge in [0, 0.05) is 12.8 Å². The van der Waals surface area contributed by atoms with Crippen LogP contribution in [0.15, 0.2) is 48.5 Å². The maximum absolute atomic E-state index is 13.4. The third kappa shape index (κ3) is 4.02. The molecule has 19 heavy (non-hydrogen) atoms. The molecule has 0 N–H and O–H groups in total. The summed E-state index contributed by atoms with van der Waals surface area (Å²) < 4.78 is 13.4. The quantitative estimate of drug-likeness (QED) is 0.793. The summed E-state index contributed by atoms with van der Waals surface area (Å²) in [6.45, 7) is 2.03. The molecule has 0 radical (unpaired) electrons. The van der Waals surface area contributed by atoms with E-state index in [1.807, 2.05) is 31.2 Å². The zero-order valence-electron chi connectivity index (χ0n) is 11.0. The molecule has 0 heterocycles. The van der Waals surface area contributed by atoms with Crippen LogP contribution >= 0.6 is 0 Å². The minimum absolute atomic E-state index is 0.0747. The summed E-state index contributed by atoms with van der Waals surface area (Å²) >= 11 is 0. The molecule has 98 valence electrons. The van der Waals surface area contributed by atoms with Crippen LogP contribution in [0.25, 0.3) is 0 Å². The van der Waals surface area contributed by atoms with Gasteiger partial charge in [-0.2, -0.15) is 0 Å². The summed E-state index contributed by atoms with van der Waals surface area (Å²) in [5, 5.41) is 0. The highest BCUT2D eigenvalue weighted by Gasteiger charge is 2.07. The number of ketones is 1. The standard InChI is InChI=1S/C17H17FO/c1-13-6-8-14(9-7-13)10-11-16(19)12-15-4-2-3-5-17(15)18/h2-9H,10-12H2,1H3. The van der Waals surface area contributed by atoms with Crippen LogP contribution in [0, 0.1) is 12.7 Å². The van der Waals surface area contributed by atoms with Gasteiger partial charge in [-0.05, 0) is 30.5 Å². The first kappa shape index (κ1) is 13.5. The molecule has 0 aliphatic heterocycles. The van der Waals surface area contributed by atoms with Gasteiger partial charge in [0.2, 0.25) is 0 Å². The lowest BCUT2D eigenvalue weighted by Crippen LogP contribution is -2.05. The number of carbonyl (C=O) groups is 1. The van der Waals surface area contributed by atoms with Gasteiger partial charge >= 0.3 is 0 Å². The second-order valence-corrected chi connectivity index (χ2v) is 4.79. The van der Waals surface area contributed by atoms with E-state index in [1.165, 1.54) is 11.6 Å². The lowest BCUT2D eigenvalue weighted by atomic mass is 10.0. The predicted molar refractivity (Wildman–Crippen MR) is 74.6 cm³/mol. The van der Waals surface area contributed by atoms with E-state index in [0.717, 1.165) is 5.56 Å². The second-order valence-electron chi connectivity index (χ2n) is 4.79. The second kappa shape index (κ2) is 6.28. The number of halogens is 1. The van der Waals surface area contributed by atoms with Crippen LogP contribution in [0.2, 0.25) is 0 Å². The summed E-state index contributed by atoms with van der Waals surface area (Å²) in [7, 11) is 0. The van der Waals surface area contributed by atoms with E-state index in [0.29, 0.717) is 18.4 Å². The highest BCUT2D eigenvalue weighted by atomic mass is 19.1. The van der Waals surface area contributed by atoms with Gasteiger partial charge in [-0.15, -0.1) is 0 Å². The van der Waals surface area contributed by atoms with Crippen molar-refractivity contribution in [2.45, 2.75) is 26.2 Å². The molecular weight excluding hydrogens is 239 g/mol. The normalized spacial score (nSPS) is 10.4. The Labute approximate surface area is 113 Å². The Morgan fingerprint density at radius 3 is 2.42 bits per heavy atom. The Morgan fingerprint density at radius 2 is 1.74 bits per heavy atom. The molecule has 2 heteroatoms. The minimum Gasteiger partial charge on any atom is -0.299 e. The highest BCUT2D eigenvalue weighted by molar-refractivity contribution is 5.81. The van der Waals surface area contributed by atoms with Gasteiger partial charge in [0.15, 0.2) is 0 Å². The molecule has 1 nitrogen and oxygen atoms in total. The van der Waals surface area contributed by atoms with Crippen LogP contribution in [0.5, 0.6) is 0 Å². The molecule has 2 aromatic carbocycles. The number of Topliss-reactive ketones (excluding diaryl/α,β-unsaturated/α-hetero) is 1. The molecule has 0 aliphatic rings. The van der Waals surface area contributed by atoms with Gasteiger partial charge in [0.05, 0.1) is 0 Å². The molecule has 0 fully saturated rings. The molecule has 0 saturated carbocycles. The predicted octanol–water partition coefficient (Wildman–Crippen LogP) is 3.88. The third-order valence-corrected chi connectivity index (χ3v) is 3.16. The molecule has 0 atom stereocenters. The number of benzene rings is 2. The van der Waals surface area contributed by atoms with Gasteiger partial charge in [-0.1, -0.05) is 48.0 Å². The van der Waals surface area contributed by atoms with E-state index in [2.05, 4.69) is 0 Å². The average Bonchev–Trinajstić information content (AvgIpc) is 2.41. The Hall–Kier alpha value is -1.96. The molecule has 0 aromatic heterocycles. The first-order valence-electron chi connectivity index (χ1n) is 6.46. The lowest BCUT2D eigenvalue weighted by molar-refractivity contribution is -0.118. The van der Waals surface area contributed by atoms with Crippen molar-refractivity contribution in [1.82, 2.24) is 0 Å². The average molecular weight is 256 g/mol. The first-order valence-corrected chi connectivity index (χ1v) is 6.46. The zero-order chi connectivity index (χ0) is 13.7. The van der Waals surface area contributed by atoms with Crippen molar-refractivity contribution in [1.29, 1.82) is 0 Å². The van der Waals surface area contributed by atoms with Gasteiger partial charge < -0.3 is 0 Å². The van der Waals surface area contributed by atoms with Crippen LogP contribution < -0.4 is 0 Å². The molecular formula is C17H17FO. The zero-order valence-corrected chi connectivity index (χ0v) is 11.0. The van der Waals surface area contributed by atoms with E-state index in [4.69, 9.17) is 0 Å². The van der Waals surface area contributed by atoms with Crippen LogP contribution in [0.3, 0.4) is 0 Å². The number of rotatable bonds is 5. The summed E-state index contributed by atoms with van der Waals surface area (Å²) in [6, 6.07) is 14.6. The smallest absolute Gasteiger partial charge is 0.137 e. The van der Waals surface area contributed by atoms with E-state index < -0.39 is 0 Å². The highest BCUT2D eigenvalue weighted by Crippen LogP contribution is 2.11. The van der Waals surface area contributed by atoms with E-state index in [-0.39, 0.29) is 18.0 Å². The summed E-state index contributed by atoms with van der Waals surface area (Å²) in [5.74, 6) is -0.225. The van der Waals surface area contributed by atoms with Crippen LogP contribution in [0.1, 0.15) is 23.1 Å². The van der Waals surface area contributed by atoms with Crippen molar-refractivity contribution in [2.75, 3.05) is 0 Å². The molecule has 0 bridgehead atoms. The molecule has 0 unspecified atom stereocenters. The maximum atomic E-state index is 13.4. The van der Waals surface area contributed by atoms with Gasteiger partial charge in [0.25, 0.3) is 0 Å². The number of carbonyl (C=O) groups excluding carboxylic acids is 1. The SMILES string of the molecule is Cc1ccc(CCC(=O)Cc2ccccc2F)cc1. The van der Waals surface area contributed by atoms with Crippen molar-refractivity contribution < 1.29 is 9.18 Å². The largest absolute Gasteiger partial charge is 0.299 e. The Morgan fingerprint density at radius 1 is 1.05 bits per heavy atom. The van der Waals surface area contributed by atoms with Gasteiger partial charge in [0.1, 0.15) is 11.6 Å². The van der Waals surface area contributed by atoms with E-state index in [9.17, 15) is 9.18 Å². The van der Waals surface area contributed by atoms with Crippen LogP contribution in [0.4, 0.5) is 4.39 Å². The Balaban J connectivity index is 1.88. The van der Waals surface area contributed by atoms with Crippen LogP contribution in [-0.2, 0) is 17.6 Å². The fraction of sp³-hybridized carbons (Fsp3) is 0.235. The third-order valence-electron chi connectivity index (χ3n) is 3.16. The first-order chi connectivity index (χ1) is 9.15. The molecule has 0 aliphatic carbocycles. The molecule has 0 saturated heterocycles. The van der Waals surface area contributed by atoms with Crippen molar-refractivity contribution in [2.24, 2.45) is 0 Å². The topological polar surface area (TPSA) is 17.1 Å². The monoisotopic (exact) mass is 256 g/mol. The van der Waals surface area contributed by atoms with Crippen molar-refractivity contribution in [3.05, 3.63) is 71.0 Å². The van der Waals surface area contributed by atoms with Gasteiger partial charge in [-0.3, -0.25) is 4.79 Å². The molecule has 2 aromatic rings. The number of hydrogen-bond acceptors (Lipinski definition) is 1. The lowest BCUT2D eigenvalue weighted by Gasteiger charge is -2.03. The fourth-order valence-corrected chi connectivity index (χ4v) is 1.98. The van der Waals surface area contributed by atoms with E-state index >= 15 is 0 Å². The van der Waals surface area contributed by atoms with E-state index in [1.54, 1.807) is 18.2 Å². The minimum atomic E-state index is -0.300. The summed E-state index contributed by atoms with van der Waals surface area (Å²) in [5.41, 5.74) is 2.84. The van der Waals surface area contributed by atoms with Crippen molar-refractivity contribution in [3.8, 4) is 0 Å². The Bertz CT molecular complexity index is 558. The number of hydrogen-bond donors (Lipinski definition) is 0. The van der Waals surface area contributed by atoms with Crippen molar-refractivity contribution in [3.63, 3.8) is 0 Å². The molecule has 0 amide bonds. The number of aryl methyl sites for hydroxylation is 2. The van der Waals surface area contributed by atoms with Crippen LogP contribution in [-0.4, -0.2) is 5.78 Å². The van der Waals surface area contributed by atoms with Crippen molar-refractivity contribution >= 4 is 5.78 Å². The summed E-state index contributed by atoms with van der Waals surface area (Å²) in [4.78, 5) is 11.8. The molecule has 0 spiro atoms. The molecule has 2 rings (SSSR count). The maximum Gasteiger partial charge on any atom is 0.137 e. The Kier molecular flexibility index (Phi) is 4.45. The van der Waals surface area contributed by atoms with Gasteiger partial charge in [-0.25, -0.2) is 4.39 Å². The summed E-state index contributed by atoms with van der Waals surface area (Å²) in [6.07, 6.45) is 1.35.